The van der Waals surface area contributed by atoms with Gasteiger partial charge in [0, 0.05) is 12.6 Å². The maximum atomic E-state index is 2.74. The Morgan fingerprint density at radius 1 is 1.21 bits per heavy atom. The van der Waals surface area contributed by atoms with Gasteiger partial charge in [0.1, 0.15) is 0 Å². The van der Waals surface area contributed by atoms with Gasteiger partial charge < -0.3 is 0 Å². The Hall–Kier alpha value is -0.820. The van der Waals surface area contributed by atoms with Crippen LogP contribution in [-0.4, -0.2) is 18.0 Å². The minimum absolute atomic E-state index is 0.678. The molecular weight excluding hydrogens is 230 g/mol. The number of rotatable bonds is 7. The van der Waals surface area contributed by atoms with Crippen LogP contribution in [0, 0.1) is 5.92 Å². The SMILES string of the molecule is CCCCC(CC)CN1CCCC1c1ccccc1. The second-order valence-corrected chi connectivity index (χ2v) is 5.98. The molecule has 19 heavy (non-hydrogen) atoms. The molecule has 1 heteroatoms. The summed E-state index contributed by atoms with van der Waals surface area (Å²) in [5.41, 5.74) is 1.52. The van der Waals surface area contributed by atoms with E-state index in [2.05, 4.69) is 49.1 Å². The van der Waals surface area contributed by atoms with Crippen LogP contribution in [0.25, 0.3) is 0 Å². The molecular formula is C18H29N. The standard InChI is InChI=1S/C18H29N/c1-3-5-10-16(4-2)15-19-14-9-13-18(19)17-11-7-6-8-12-17/h6-8,11-12,16,18H,3-5,9-10,13-15H2,1-2H3. The van der Waals surface area contributed by atoms with E-state index in [9.17, 15) is 0 Å². The lowest BCUT2D eigenvalue weighted by atomic mass is 9.97. The van der Waals surface area contributed by atoms with Crippen molar-refractivity contribution >= 4 is 0 Å². The van der Waals surface area contributed by atoms with E-state index >= 15 is 0 Å². The van der Waals surface area contributed by atoms with Crippen molar-refractivity contribution < 1.29 is 0 Å². The number of benzene rings is 1. The van der Waals surface area contributed by atoms with Crippen LogP contribution >= 0.6 is 0 Å². The fourth-order valence-electron chi connectivity index (χ4n) is 3.35. The molecule has 2 rings (SSSR count). The van der Waals surface area contributed by atoms with Gasteiger partial charge in [0.05, 0.1) is 0 Å². The Kier molecular flexibility index (Phi) is 5.91. The molecule has 1 aromatic rings. The van der Waals surface area contributed by atoms with Gasteiger partial charge in [-0.1, -0.05) is 63.4 Å². The molecule has 1 fully saturated rings. The minimum Gasteiger partial charge on any atom is -0.296 e. The van der Waals surface area contributed by atoms with Crippen molar-refractivity contribution in [2.24, 2.45) is 5.92 Å². The van der Waals surface area contributed by atoms with Gasteiger partial charge in [-0.25, -0.2) is 0 Å². The summed E-state index contributed by atoms with van der Waals surface area (Å²) in [7, 11) is 0. The average Bonchev–Trinajstić information content (AvgIpc) is 2.92. The molecule has 1 aromatic carbocycles. The van der Waals surface area contributed by atoms with E-state index in [1.54, 1.807) is 0 Å². The van der Waals surface area contributed by atoms with E-state index < -0.39 is 0 Å². The molecule has 0 saturated carbocycles. The van der Waals surface area contributed by atoms with Gasteiger partial charge >= 0.3 is 0 Å². The van der Waals surface area contributed by atoms with Crippen molar-refractivity contribution in [1.29, 1.82) is 0 Å². The highest BCUT2D eigenvalue weighted by molar-refractivity contribution is 5.19. The van der Waals surface area contributed by atoms with Crippen molar-refractivity contribution in [2.75, 3.05) is 13.1 Å². The largest absolute Gasteiger partial charge is 0.296 e. The Balaban J connectivity index is 1.95. The van der Waals surface area contributed by atoms with Gasteiger partial charge in [0.25, 0.3) is 0 Å². The topological polar surface area (TPSA) is 3.24 Å². The molecule has 2 atom stereocenters. The van der Waals surface area contributed by atoms with Crippen LogP contribution in [0.3, 0.4) is 0 Å². The van der Waals surface area contributed by atoms with Crippen LogP contribution in [0.4, 0.5) is 0 Å². The van der Waals surface area contributed by atoms with Crippen molar-refractivity contribution in [3.8, 4) is 0 Å². The summed E-state index contributed by atoms with van der Waals surface area (Å²) in [5.74, 6) is 0.893. The van der Waals surface area contributed by atoms with E-state index in [4.69, 9.17) is 0 Å². The second-order valence-electron chi connectivity index (χ2n) is 5.98. The Labute approximate surface area is 119 Å². The van der Waals surface area contributed by atoms with Crippen LogP contribution in [0.5, 0.6) is 0 Å². The second kappa shape index (κ2) is 7.69. The number of unbranched alkanes of at least 4 members (excludes halogenated alkanes) is 1. The van der Waals surface area contributed by atoms with Gasteiger partial charge in [-0.15, -0.1) is 0 Å². The Morgan fingerprint density at radius 3 is 2.68 bits per heavy atom. The maximum absolute atomic E-state index is 2.74. The first-order valence-electron chi connectivity index (χ1n) is 8.14. The van der Waals surface area contributed by atoms with E-state index in [1.165, 1.54) is 57.2 Å². The quantitative estimate of drug-likeness (QED) is 0.663. The molecule has 0 amide bonds. The summed E-state index contributed by atoms with van der Waals surface area (Å²) >= 11 is 0. The molecule has 1 aliphatic rings. The lowest BCUT2D eigenvalue weighted by Crippen LogP contribution is -2.29. The molecule has 2 unspecified atom stereocenters. The third-order valence-corrected chi connectivity index (χ3v) is 4.58. The normalized spacial score (nSPS) is 21.7. The van der Waals surface area contributed by atoms with Gasteiger partial charge in [-0.2, -0.15) is 0 Å². The first kappa shape index (κ1) is 14.6. The Morgan fingerprint density at radius 2 is 2.00 bits per heavy atom. The number of hydrogen-bond acceptors (Lipinski definition) is 1. The summed E-state index contributed by atoms with van der Waals surface area (Å²) in [5, 5.41) is 0. The smallest absolute Gasteiger partial charge is 0.0348 e. The summed E-state index contributed by atoms with van der Waals surface area (Å²) < 4.78 is 0. The average molecular weight is 259 g/mol. The highest BCUT2D eigenvalue weighted by Crippen LogP contribution is 2.33. The first-order valence-corrected chi connectivity index (χ1v) is 8.14. The number of nitrogens with zero attached hydrogens (tertiary/aromatic N) is 1. The zero-order chi connectivity index (χ0) is 13.5. The number of likely N-dealkylation sites (tertiary alicyclic amines) is 1. The molecule has 0 spiro atoms. The zero-order valence-corrected chi connectivity index (χ0v) is 12.6. The zero-order valence-electron chi connectivity index (χ0n) is 12.6. The minimum atomic E-state index is 0.678. The predicted molar refractivity (Wildman–Crippen MR) is 83.3 cm³/mol. The first-order chi connectivity index (χ1) is 9.35. The molecule has 1 heterocycles. The lowest BCUT2D eigenvalue weighted by molar-refractivity contribution is 0.205. The fourth-order valence-corrected chi connectivity index (χ4v) is 3.35. The van der Waals surface area contributed by atoms with Crippen molar-refractivity contribution in [2.45, 2.75) is 58.4 Å². The highest BCUT2D eigenvalue weighted by atomic mass is 15.2. The molecule has 106 valence electrons. The van der Waals surface area contributed by atoms with Crippen molar-refractivity contribution in [1.82, 2.24) is 4.90 Å². The van der Waals surface area contributed by atoms with E-state index in [1.807, 2.05) is 0 Å². The molecule has 0 N–H and O–H groups in total. The summed E-state index contributed by atoms with van der Waals surface area (Å²) in [6.45, 7) is 7.25. The summed E-state index contributed by atoms with van der Waals surface area (Å²) in [4.78, 5) is 2.74. The van der Waals surface area contributed by atoms with Gasteiger partial charge in [0.2, 0.25) is 0 Å². The molecule has 1 nitrogen and oxygen atoms in total. The maximum Gasteiger partial charge on any atom is 0.0348 e. The van der Waals surface area contributed by atoms with Crippen molar-refractivity contribution in [3.05, 3.63) is 35.9 Å². The monoisotopic (exact) mass is 259 g/mol. The summed E-state index contributed by atoms with van der Waals surface area (Å²) in [6, 6.07) is 11.8. The highest BCUT2D eigenvalue weighted by Gasteiger charge is 2.27. The van der Waals surface area contributed by atoms with Gasteiger partial charge in [-0.05, 0) is 37.3 Å². The fraction of sp³-hybridized carbons (Fsp3) is 0.667. The summed E-state index contributed by atoms with van der Waals surface area (Å²) in [6.07, 6.45) is 8.17. The van der Waals surface area contributed by atoms with Gasteiger partial charge in [0.15, 0.2) is 0 Å². The molecule has 0 aliphatic carbocycles. The van der Waals surface area contributed by atoms with Crippen LogP contribution in [0.1, 0.15) is 64.0 Å². The molecule has 0 aromatic heterocycles. The van der Waals surface area contributed by atoms with Crippen LogP contribution in [0.15, 0.2) is 30.3 Å². The number of hydrogen-bond donors (Lipinski definition) is 0. The van der Waals surface area contributed by atoms with Crippen LogP contribution in [0.2, 0.25) is 0 Å². The molecule has 1 saturated heterocycles. The van der Waals surface area contributed by atoms with Crippen molar-refractivity contribution in [3.63, 3.8) is 0 Å². The van der Waals surface area contributed by atoms with E-state index in [-0.39, 0.29) is 0 Å². The molecule has 0 bridgehead atoms. The van der Waals surface area contributed by atoms with E-state index in [0.717, 1.165) is 5.92 Å². The van der Waals surface area contributed by atoms with E-state index in [0.29, 0.717) is 6.04 Å². The van der Waals surface area contributed by atoms with Gasteiger partial charge in [-0.3, -0.25) is 4.90 Å². The Bertz CT molecular complexity index is 346. The predicted octanol–water partition coefficient (Wildman–Crippen LogP) is 5.04. The third-order valence-electron chi connectivity index (χ3n) is 4.58. The lowest BCUT2D eigenvalue weighted by Gasteiger charge is -2.29. The third kappa shape index (κ3) is 4.07. The van der Waals surface area contributed by atoms with Crippen LogP contribution < -0.4 is 0 Å². The molecule has 1 aliphatic heterocycles. The molecule has 0 radical (unpaired) electrons. The van der Waals surface area contributed by atoms with Crippen LogP contribution in [-0.2, 0) is 0 Å².